The largest absolute Gasteiger partial charge is 0.476 e. The molecule has 1 fully saturated rings. The van der Waals surface area contributed by atoms with E-state index in [1.807, 2.05) is 0 Å². The Balaban J connectivity index is 1.39. The van der Waals surface area contributed by atoms with Crippen LogP contribution in [-0.2, 0) is 11.2 Å². The van der Waals surface area contributed by atoms with E-state index in [1.54, 1.807) is 24.3 Å². The van der Waals surface area contributed by atoms with Crippen molar-refractivity contribution in [1.82, 2.24) is 19.9 Å². The number of carbonyl (C=O) groups excluding carboxylic acids is 1. The second-order valence-electron chi connectivity index (χ2n) is 7.04. The molecule has 1 aliphatic rings. The van der Waals surface area contributed by atoms with Crippen LogP contribution in [0.4, 0.5) is 5.69 Å². The molecule has 9 heteroatoms. The average Bonchev–Trinajstić information content (AvgIpc) is 3.48. The van der Waals surface area contributed by atoms with Crippen molar-refractivity contribution < 1.29 is 19.2 Å². The van der Waals surface area contributed by atoms with E-state index in [0.717, 1.165) is 18.7 Å². The summed E-state index contributed by atoms with van der Waals surface area (Å²) in [6, 6.07) is 8.46. The van der Waals surface area contributed by atoms with Gasteiger partial charge >= 0.3 is 5.97 Å². The number of hydrogen-bond acceptors (Lipinski definition) is 6. The molecule has 2 aromatic heterocycles. The summed E-state index contributed by atoms with van der Waals surface area (Å²) < 4.78 is 6.71. The van der Waals surface area contributed by atoms with Crippen LogP contribution in [0.25, 0.3) is 5.69 Å². The lowest BCUT2D eigenvalue weighted by Crippen LogP contribution is -2.14. The normalized spacial score (nSPS) is 14.2. The smallest absolute Gasteiger partial charge is 0.356 e. The quantitative estimate of drug-likeness (QED) is 0.630. The molecule has 2 N–H and O–H groups in total. The number of carbonyl (C=O) groups is 2. The van der Waals surface area contributed by atoms with Gasteiger partial charge in [0.1, 0.15) is 0 Å². The molecule has 2 heterocycles. The Morgan fingerprint density at radius 3 is 2.76 bits per heavy atom. The van der Waals surface area contributed by atoms with E-state index in [2.05, 4.69) is 20.6 Å². The molecule has 9 nitrogen and oxygen atoms in total. The number of aromatic carboxylic acids is 1. The number of amides is 1. The van der Waals surface area contributed by atoms with Crippen molar-refractivity contribution in [3.63, 3.8) is 0 Å². The van der Waals surface area contributed by atoms with Crippen LogP contribution in [0.2, 0.25) is 0 Å². The van der Waals surface area contributed by atoms with E-state index in [4.69, 9.17) is 9.63 Å². The number of aromatic nitrogens is 4. The molecule has 0 radical (unpaired) electrons. The monoisotopic (exact) mass is 395 g/mol. The van der Waals surface area contributed by atoms with E-state index in [1.165, 1.54) is 29.8 Å². The van der Waals surface area contributed by atoms with Gasteiger partial charge in [0.15, 0.2) is 11.5 Å². The lowest BCUT2D eigenvalue weighted by atomic mass is 10.1. The van der Waals surface area contributed by atoms with E-state index in [-0.39, 0.29) is 18.0 Å². The lowest BCUT2D eigenvalue weighted by molar-refractivity contribution is -0.116. The van der Waals surface area contributed by atoms with Crippen LogP contribution in [-0.4, -0.2) is 36.9 Å². The zero-order valence-corrected chi connectivity index (χ0v) is 15.7. The van der Waals surface area contributed by atoms with Gasteiger partial charge in [0.25, 0.3) is 0 Å². The van der Waals surface area contributed by atoms with Crippen molar-refractivity contribution >= 4 is 17.6 Å². The number of benzene rings is 1. The predicted molar refractivity (Wildman–Crippen MR) is 103 cm³/mol. The van der Waals surface area contributed by atoms with Crippen molar-refractivity contribution in [2.45, 2.75) is 44.4 Å². The van der Waals surface area contributed by atoms with Crippen molar-refractivity contribution in [1.29, 1.82) is 0 Å². The third kappa shape index (κ3) is 4.34. The van der Waals surface area contributed by atoms with Gasteiger partial charge in [-0.15, -0.1) is 0 Å². The van der Waals surface area contributed by atoms with Crippen molar-refractivity contribution in [3.8, 4) is 5.69 Å². The summed E-state index contributed by atoms with van der Waals surface area (Å²) in [5.74, 6) is 0.271. The number of para-hydroxylation sites is 2. The summed E-state index contributed by atoms with van der Waals surface area (Å²) >= 11 is 0. The van der Waals surface area contributed by atoms with Crippen molar-refractivity contribution in [2.24, 2.45) is 0 Å². The van der Waals surface area contributed by atoms with Gasteiger partial charge in [-0.2, -0.15) is 10.1 Å². The Kier molecular flexibility index (Phi) is 5.37. The standard InChI is InChI=1S/C20H21N5O4/c26-17(9-10-18-22-19(24-29-18)13-5-1-2-6-13)21-14-7-3-4-8-16(14)25-12-11-15(23-25)20(27)28/h3-4,7-8,11-13H,1-2,5-6,9-10H2,(H,21,26)(H,27,28). The highest BCUT2D eigenvalue weighted by atomic mass is 16.5. The highest BCUT2D eigenvalue weighted by Gasteiger charge is 2.22. The summed E-state index contributed by atoms with van der Waals surface area (Å²) in [6.07, 6.45) is 6.66. The Bertz CT molecular complexity index is 1020. The first-order valence-electron chi connectivity index (χ1n) is 9.61. The number of carboxylic acids is 1. The van der Waals surface area contributed by atoms with Gasteiger partial charge in [-0.3, -0.25) is 4.79 Å². The van der Waals surface area contributed by atoms with Crippen LogP contribution in [0.15, 0.2) is 41.1 Å². The predicted octanol–water partition coefficient (Wildman–Crippen LogP) is 3.18. The molecule has 1 aliphatic carbocycles. The molecule has 4 rings (SSSR count). The van der Waals surface area contributed by atoms with E-state index in [0.29, 0.717) is 29.6 Å². The first-order chi connectivity index (χ1) is 14.1. The van der Waals surface area contributed by atoms with Crippen LogP contribution in [0.3, 0.4) is 0 Å². The topological polar surface area (TPSA) is 123 Å². The molecular weight excluding hydrogens is 374 g/mol. The molecule has 3 aromatic rings. The second kappa shape index (κ2) is 8.26. The minimum atomic E-state index is -1.11. The molecule has 29 heavy (non-hydrogen) atoms. The Morgan fingerprint density at radius 1 is 1.21 bits per heavy atom. The summed E-state index contributed by atoms with van der Waals surface area (Å²) in [5.41, 5.74) is 1.05. The molecule has 0 saturated heterocycles. The number of rotatable bonds is 7. The Labute approximate surface area is 166 Å². The molecule has 1 aromatic carbocycles. The zero-order valence-electron chi connectivity index (χ0n) is 15.7. The second-order valence-corrected chi connectivity index (χ2v) is 7.04. The van der Waals surface area contributed by atoms with Crippen LogP contribution in [0.1, 0.15) is 60.2 Å². The van der Waals surface area contributed by atoms with Gasteiger partial charge in [0.05, 0.1) is 11.4 Å². The fraction of sp³-hybridized carbons (Fsp3) is 0.350. The maximum atomic E-state index is 12.4. The number of nitrogens with zero attached hydrogens (tertiary/aromatic N) is 4. The molecule has 0 aliphatic heterocycles. The summed E-state index contributed by atoms with van der Waals surface area (Å²) in [4.78, 5) is 27.9. The third-order valence-corrected chi connectivity index (χ3v) is 5.00. The van der Waals surface area contributed by atoms with Gasteiger partial charge in [0, 0.05) is 25.0 Å². The first-order valence-corrected chi connectivity index (χ1v) is 9.61. The van der Waals surface area contributed by atoms with Crippen LogP contribution < -0.4 is 5.32 Å². The first kappa shape index (κ1) is 18.9. The molecule has 0 spiro atoms. The van der Waals surface area contributed by atoms with Crippen LogP contribution in [0.5, 0.6) is 0 Å². The minimum absolute atomic E-state index is 0.0689. The average molecular weight is 395 g/mol. The van der Waals surface area contributed by atoms with Crippen LogP contribution >= 0.6 is 0 Å². The van der Waals surface area contributed by atoms with E-state index >= 15 is 0 Å². The molecule has 0 unspecified atom stereocenters. The number of hydrogen-bond donors (Lipinski definition) is 2. The lowest BCUT2D eigenvalue weighted by Gasteiger charge is -2.10. The van der Waals surface area contributed by atoms with Gasteiger partial charge in [-0.25, -0.2) is 9.48 Å². The van der Waals surface area contributed by atoms with Crippen molar-refractivity contribution in [3.05, 3.63) is 53.9 Å². The molecule has 150 valence electrons. The number of carboxylic acid groups (broad SMARTS) is 1. The molecule has 0 bridgehead atoms. The summed E-state index contributed by atoms with van der Waals surface area (Å²) in [6.45, 7) is 0. The van der Waals surface area contributed by atoms with E-state index in [9.17, 15) is 9.59 Å². The number of anilines is 1. The highest BCUT2D eigenvalue weighted by molar-refractivity contribution is 5.93. The molecule has 1 amide bonds. The van der Waals surface area contributed by atoms with Gasteiger partial charge in [-0.1, -0.05) is 30.1 Å². The zero-order chi connectivity index (χ0) is 20.2. The molecular formula is C20H21N5O4. The fourth-order valence-electron chi connectivity index (χ4n) is 3.50. The third-order valence-electron chi connectivity index (χ3n) is 5.00. The van der Waals surface area contributed by atoms with Gasteiger partial charge in [-0.05, 0) is 31.0 Å². The molecule has 1 saturated carbocycles. The van der Waals surface area contributed by atoms with Crippen LogP contribution in [0, 0.1) is 0 Å². The Morgan fingerprint density at radius 2 is 2.00 bits per heavy atom. The van der Waals surface area contributed by atoms with Crippen molar-refractivity contribution in [2.75, 3.05) is 5.32 Å². The minimum Gasteiger partial charge on any atom is -0.476 e. The van der Waals surface area contributed by atoms with Gasteiger partial charge in [0.2, 0.25) is 11.8 Å². The Hall–Kier alpha value is -3.49. The number of aryl methyl sites for hydroxylation is 1. The summed E-state index contributed by atoms with van der Waals surface area (Å²) in [7, 11) is 0. The fourth-order valence-corrected chi connectivity index (χ4v) is 3.50. The number of nitrogens with one attached hydrogen (secondary N) is 1. The molecule has 0 atom stereocenters. The maximum Gasteiger partial charge on any atom is 0.356 e. The highest BCUT2D eigenvalue weighted by Crippen LogP contribution is 2.32. The van der Waals surface area contributed by atoms with E-state index < -0.39 is 5.97 Å². The SMILES string of the molecule is O=C(CCc1nc(C2CCCC2)no1)Nc1ccccc1-n1ccc(C(=O)O)n1. The maximum absolute atomic E-state index is 12.4. The summed E-state index contributed by atoms with van der Waals surface area (Å²) in [5, 5.41) is 20.0. The van der Waals surface area contributed by atoms with Gasteiger partial charge < -0.3 is 14.9 Å².